The van der Waals surface area contributed by atoms with Crippen molar-refractivity contribution in [3.05, 3.63) is 29.8 Å². The van der Waals surface area contributed by atoms with E-state index in [0.29, 0.717) is 11.3 Å². The molecule has 4 heteroatoms. The summed E-state index contributed by atoms with van der Waals surface area (Å²) in [5.41, 5.74) is 0.583. The first kappa shape index (κ1) is 11.9. The van der Waals surface area contributed by atoms with Crippen LogP contribution < -0.4 is 4.74 Å². The third kappa shape index (κ3) is 3.83. The molecule has 0 N–H and O–H groups in total. The van der Waals surface area contributed by atoms with E-state index in [1.54, 1.807) is 43.9 Å². The Bertz CT molecular complexity index is 389. The fourth-order valence-corrected chi connectivity index (χ4v) is 2.09. The molecule has 0 atom stereocenters. The fourth-order valence-electron chi connectivity index (χ4n) is 1.21. The van der Waals surface area contributed by atoms with Crippen LogP contribution in [0.2, 0.25) is 0 Å². The number of hydrogen-bond acceptors (Lipinski definition) is 3. The second-order valence-electron chi connectivity index (χ2n) is 3.88. The van der Waals surface area contributed by atoms with Gasteiger partial charge < -0.3 is 4.74 Å². The summed E-state index contributed by atoms with van der Waals surface area (Å²) in [6.45, 7) is 0. The molecule has 3 nitrogen and oxygen atoms in total. The molecule has 15 heavy (non-hydrogen) atoms. The Hall–Kier alpha value is -1.16. The number of ether oxygens (including phenoxy) is 1. The lowest BCUT2D eigenvalue weighted by atomic mass is 10.1. The van der Waals surface area contributed by atoms with Crippen molar-refractivity contribution in [2.75, 3.05) is 25.4 Å². The lowest BCUT2D eigenvalue weighted by Gasteiger charge is -2.10. The second kappa shape index (κ2) is 4.57. The van der Waals surface area contributed by atoms with E-state index in [2.05, 4.69) is 0 Å². The molecular weight excluding hydrogens is 212 g/mol. The van der Waals surface area contributed by atoms with Crippen molar-refractivity contribution in [2.24, 2.45) is 0 Å². The van der Waals surface area contributed by atoms with Crippen LogP contribution in [-0.4, -0.2) is 35.4 Å². The van der Waals surface area contributed by atoms with Crippen molar-refractivity contribution in [1.82, 2.24) is 0 Å². The predicted octanol–water partition coefficient (Wildman–Crippen LogP) is 1.15. The van der Waals surface area contributed by atoms with Crippen molar-refractivity contribution in [2.45, 2.75) is 0 Å². The predicted molar refractivity (Wildman–Crippen MR) is 63.6 cm³/mol. The Morgan fingerprint density at radius 2 is 1.80 bits per heavy atom. The highest BCUT2D eigenvalue weighted by Gasteiger charge is 2.11. The number of ketones is 1. The topological polar surface area (TPSA) is 43.4 Å². The van der Waals surface area contributed by atoms with Gasteiger partial charge >= 0.3 is 0 Å². The number of methoxy groups -OCH3 is 1. The molecule has 0 fully saturated rings. The molecule has 0 unspecified atom stereocenters. The number of benzene rings is 1. The van der Waals surface area contributed by atoms with E-state index >= 15 is 0 Å². The molecule has 1 aromatic rings. The monoisotopic (exact) mass is 228 g/mol. The van der Waals surface area contributed by atoms with Gasteiger partial charge in [-0.2, -0.15) is 0 Å². The first-order chi connectivity index (χ1) is 6.92. The van der Waals surface area contributed by atoms with E-state index in [-0.39, 0.29) is 11.5 Å². The van der Waals surface area contributed by atoms with Crippen LogP contribution in [-0.2, 0) is 9.93 Å². The van der Waals surface area contributed by atoms with E-state index in [4.69, 9.17) is 4.74 Å². The zero-order valence-corrected chi connectivity index (χ0v) is 10.1. The van der Waals surface area contributed by atoms with Crippen molar-refractivity contribution in [3.8, 4) is 5.75 Å². The zero-order valence-electron chi connectivity index (χ0n) is 9.19. The van der Waals surface area contributed by atoms with Gasteiger partial charge in [-0.05, 0) is 36.8 Å². The lowest BCUT2D eigenvalue weighted by molar-refractivity contribution is 0.102. The van der Waals surface area contributed by atoms with Gasteiger partial charge in [-0.1, -0.05) is 0 Å². The summed E-state index contributed by atoms with van der Waals surface area (Å²) in [5.74, 6) is 0.757. The van der Waals surface area contributed by atoms with Crippen LogP contribution in [0.3, 0.4) is 0 Å². The van der Waals surface area contributed by atoms with Gasteiger partial charge in [0.15, 0.2) is 5.78 Å². The summed E-state index contributed by atoms with van der Waals surface area (Å²) in [5, 5.41) is 0. The quantitative estimate of drug-likeness (QED) is 0.621. The molecule has 0 spiro atoms. The summed E-state index contributed by atoms with van der Waals surface area (Å²) in [6, 6.07) is 6.83. The molecule has 84 valence electrons. The highest BCUT2D eigenvalue weighted by Crippen LogP contribution is 2.12. The van der Waals surface area contributed by atoms with E-state index in [1.807, 2.05) is 0 Å². The smallest absolute Gasteiger partial charge is 0.173 e. The highest BCUT2D eigenvalue weighted by molar-refractivity contribution is 8.02. The Balaban J connectivity index is 2.79. The molecule has 1 aromatic carbocycles. The van der Waals surface area contributed by atoms with E-state index in [1.165, 1.54) is 0 Å². The number of Topliss-reactive ketones (excluding diaryl/α,β-unsaturated/α-hetero) is 1. The maximum absolute atomic E-state index is 11.6. The standard InChI is InChI=1S/C11H16O3S/c1-14-10-6-4-9(5-7-10)11(12)8-15(2,3)13/h4-7,15H,8H2,1-3H3. The van der Waals surface area contributed by atoms with Crippen LogP contribution in [0.25, 0.3) is 0 Å². The van der Waals surface area contributed by atoms with E-state index in [9.17, 15) is 9.00 Å². The maximum atomic E-state index is 11.6. The van der Waals surface area contributed by atoms with Gasteiger partial charge in [0.25, 0.3) is 0 Å². The molecule has 1 rings (SSSR count). The summed E-state index contributed by atoms with van der Waals surface area (Å²) >= 11 is 0. The summed E-state index contributed by atoms with van der Waals surface area (Å²) < 4.78 is 16.5. The minimum Gasteiger partial charge on any atom is -0.497 e. The molecular formula is C11H16O3S. The van der Waals surface area contributed by atoms with Gasteiger partial charge in [-0.25, -0.2) is 0 Å². The van der Waals surface area contributed by atoms with Gasteiger partial charge in [0.2, 0.25) is 0 Å². The number of thiol groups is 1. The van der Waals surface area contributed by atoms with Gasteiger partial charge in [0, 0.05) is 5.56 Å². The minimum atomic E-state index is -2.29. The Morgan fingerprint density at radius 3 is 2.20 bits per heavy atom. The Morgan fingerprint density at radius 1 is 1.27 bits per heavy atom. The van der Waals surface area contributed by atoms with Crippen molar-refractivity contribution < 1.29 is 13.7 Å². The van der Waals surface area contributed by atoms with E-state index in [0.717, 1.165) is 0 Å². The number of rotatable bonds is 4. The molecule has 0 saturated carbocycles. The minimum absolute atomic E-state index is 0.0778. The van der Waals surface area contributed by atoms with Crippen molar-refractivity contribution >= 4 is 15.7 Å². The van der Waals surface area contributed by atoms with Crippen LogP contribution in [0, 0.1) is 0 Å². The maximum Gasteiger partial charge on any atom is 0.173 e. The number of hydrogen-bond donors (Lipinski definition) is 1. The van der Waals surface area contributed by atoms with Gasteiger partial charge in [-0.3, -0.25) is 9.00 Å². The number of carbonyl (C=O) groups excluding carboxylic acids is 1. The molecule has 0 heterocycles. The van der Waals surface area contributed by atoms with Gasteiger partial charge in [-0.15, -0.1) is 9.93 Å². The number of carbonyl (C=O) groups is 1. The lowest BCUT2D eigenvalue weighted by Crippen LogP contribution is -2.20. The molecule has 0 aliphatic heterocycles. The average molecular weight is 228 g/mol. The normalized spacial score (nSPS) is 12.2. The Labute approximate surface area is 90.9 Å². The first-order valence-corrected chi connectivity index (χ1v) is 7.42. The molecule has 0 aliphatic rings. The van der Waals surface area contributed by atoms with Crippen molar-refractivity contribution in [3.63, 3.8) is 0 Å². The zero-order chi connectivity index (χ0) is 11.5. The summed E-state index contributed by atoms with van der Waals surface area (Å²) in [6.07, 6.45) is 3.24. The third-order valence-electron chi connectivity index (χ3n) is 1.94. The third-order valence-corrected chi connectivity index (χ3v) is 2.99. The van der Waals surface area contributed by atoms with Crippen LogP contribution in [0.5, 0.6) is 5.75 Å². The summed E-state index contributed by atoms with van der Waals surface area (Å²) in [7, 11) is -0.714. The van der Waals surface area contributed by atoms with E-state index < -0.39 is 9.93 Å². The first-order valence-electron chi connectivity index (χ1n) is 4.63. The largest absolute Gasteiger partial charge is 0.497 e. The van der Waals surface area contributed by atoms with Gasteiger partial charge in [0.1, 0.15) is 5.75 Å². The van der Waals surface area contributed by atoms with Crippen LogP contribution in [0.15, 0.2) is 24.3 Å². The van der Waals surface area contributed by atoms with Crippen LogP contribution >= 0.6 is 0 Å². The SMILES string of the molecule is COc1ccc(C(=O)C[SH](C)(C)=O)cc1. The molecule has 0 radical (unpaired) electrons. The molecule has 0 saturated heterocycles. The fraction of sp³-hybridized carbons (Fsp3) is 0.364. The van der Waals surface area contributed by atoms with Gasteiger partial charge in [0.05, 0.1) is 12.9 Å². The molecule has 0 amide bonds. The molecule has 0 aliphatic carbocycles. The summed E-state index contributed by atoms with van der Waals surface area (Å²) in [4.78, 5) is 11.6. The second-order valence-corrected chi connectivity index (χ2v) is 7.35. The molecule has 0 bridgehead atoms. The van der Waals surface area contributed by atoms with Crippen LogP contribution in [0.4, 0.5) is 0 Å². The van der Waals surface area contributed by atoms with Crippen molar-refractivity contribution in [1.29, 1.82) is 0 Å². The highest BCUT2D eigenvalue weighted by atomic mass is 32.2. The Kier molecular flexibility index (Phi) is 3.63. The molecule has 0 aromatic heterocycles. The van der Waals surface area contributed by atoms with Crippen LogP contribution in [0.1, 0.15) is 10.4 Å². The average Bonchev–Trinajstić information content (AvgIpc) is 2.15.